The molecule has 1 unspecified atom stereocenters. The Hall–Kier alpha value is -4.85. The van der Waals surface area contributed by atoms with Gasteiger partial charge in [-0.25, -0.2) is 8.78 Å². The zero-order chi connectivity index (χ0) is 30.2. The lowest BCUT2D eigenvalue weighted by Crippen LogP contribution is -2.41. The average Bonchev–Trinajstić information content (AvgIpc) is 3.30. The maximum absolute atomic E-state index is 14.2. The van der Waals surface area contributed by atoms with Crippen LogP contribution in [0.3, 0.4) is 0 Å². The molecular weight excluding hydrogens is 587 g/mol. The van der Waals surface area contributed by atoms with Crippen LogP contribution < -0.4 is 16.0 Å². The number of hydrogen-bond donors (Lipinski definition) is 3. The molecule has 3 amide bonds. The highest BCUT2D eigenvalue weighted by Crippen LogP contribution is 2.38. The van der Waals surface area contributed by atoms with Gasteiger partial charge in [-0.05, 0) is 42.5 Å². The van der Waals surface area contributed by atoms with Crippen LogP contribution in [0.25, 0.3) is 0 Å². The van der Waals surface area contributed by atoms with E-state index in [2.05, 4.69) is 25.9 Å². The molecular formula is C27H18ClF5N6O3. The second-order valence-corrected chi connectivity index (χ2v) is 9.55. The lowest BCUT2D eigenvalue weighted by molar-refractivity contribution is -0.137. The van der Waals surface area contributed by atoms with Gasteiger partial charge in [0.25, 0.3) is 11.8 Å². The Kier molecular flexibility index (Phi) is 7.65. The van der Waals surface area contributed by atoms with Crippen molar-refractivity contribution in [1.82, 2.24) is 25.2 Å². The zero-order valence-corrected chi connectivity index (χ0v) is 21.9. The van der Waals surface area contributed by atoms with E-state index in [1.807, 2.05) is 0 Å². The summed E-state index contributed by atoms with van der Waals surface area (Å²) in [6.45, 7) is -0.454. The van der Waals surface area contributed by atoms with Gasteiger partial charge in [0.2, 0.25) is 5.91 Å². The normalized spacial score (nSPS) is 14.6. The summed E-state index contributed by atoms with van der Waals surface area (Å²) < 4.78 is 69.3. The monoisotopic (exact) mass is 604 g/mol. The van der Waals surface area contributed by atoms with Crippen LogP contribution in [0.2, 0.25) is 5.02 Å². The van der Waals surface area contributed by atoms with Gasteiger partial charge in [0.05, 0.1) is 41.4 Å². The van der Waals surface area contributed by atoms with Gasteiger partial charge >= 0.3 is 6.18 Å². The van der Waals surface area contributed by atoms with Gasteiger partial charge < -0.3 is 20.5 Å². The van der Waals surface area contributed by atoms with E-state index >= 15 is 0 Å². The Morgan fingerprint density at radius 2 is 1.83 bits per heavy atom. The number of carbonyl (C=O) groups excluding carboxylic acids is 3. The van der Waals surface area contributed by atoms with Gasteiger partial charge in [0, 0.05) is 28.5 Å². The molecule has 3 N–H and O–H groups in total. The first-order valence-electron chi connectivity index (χ1n) is 12.1. The molecule has 0 bridgehead atoms. The molecule has 1 aliphatic rings. The van der Waals surface area contributed by atoms with Crippen molar-refractivity contribution in [3.8, 4) is 0 Å². The molecule has 2 aromatic carbocycles. The molecule has 0 radical (unpaired) electrons. The number of anilines is 1. The molecule has 0 aliphatic carbocycles. The Morgan fingerprint density at radius 1 is 1.05 bits per heavy atom. The smallest absolute Gasteiger partial charge is 0.345 e. The number of aromatic nitrogens is 3. The van der Waals surface area contributed by atoms with Gasteiger partial charge in [-0.3, -0.25) is 24.4 Å². The van der Waals surface area contributed by atoms with Crippen LogP contribution in [0.5, 0.6) is 0 Å². The van der Waals surface area contributed by atoms with E-state index in [0.717, 1.165) is 12.1 Å². The topological polar surface area (TPSA) is 118 Å². The SMILES string of the molecule is O=C1Cn2c(C(=O)NCc3cnccn3)cc(NC(=O)c3cc(F)cc(C(F)(F)F)c3)c2C(c2cc(F)ccc2Cl)N1. The first-order chi connectivity index (χ1) is 19.9. The number of benzene rings is 2. The molecule has 0 fully saturated rings. The first-order valence-corrected chi connectivity index (χ1v) is 12.5. The molecule has 216 valence electrons. The summed E-state index contributed by atoms with van der Waals surface area (Å²) in [4.78, 5) is 47.0. The lowest BCUT2D eigenvalue weighted by atomic mass is 10.0. The minimum absolute atomic E-state index is 0.0437. The summed E-state index contributed by atoms with van der Waals surface area (Å²) in [7, 11) is 0. The maximum Gasteiger partial charge on any atom is 0.416 e. The summed E-state index contributed by atoms with van der Waals surface area (Å²) in [5, 5.41) is 7.70. The number of fused-ring (bicyclic) bond motifs is 1. The molecule has 3 heterocycles. The first kappa shape index (κ1) is 28.7. The van der Waals surface area contributed by atoms with Crippen molar-refractivity contribution < 1.29 is 36.3 Å². The lowest BCUT2D eigenvalue weighted by Gasteiger charge is -2.29. The van der Waals surface area contributed by atoms with E-state index in [1.165, 1.54) is 35.3 Å². The molecule has 9 nitrogen and oxygen atoms in total. The predicted molar refractivity (Wildman–Crippen MR) is 138 cm³/mol. The van der Waals surface area contributed by atoms with Crippen LogP contribution in [0.1, 0.15) is 49.4 Å². The van der Waals surface area contributed by atoms with Gasteiger partial charge in [0.15, 0.2) is 0 Å². The van der Waals surface area contributed by atoms with E-state index < -0.39 is 59.2 Å². The summed E-state index contributed by atoms with van der Waals surface area (Å²) in [6, 6.07) is 4.73. The van der Waals surface area contributed by atoms with Crippen molar-refractivity contribution in [3.05, 3.63) is 111 Å². The number of amides is 3. The van der Waals surface area contributed by atoms with Crippen molar-refractivity contribution in [3.63, 3.8) is 0 Å². The van der Waals surface area contributed by atoms with Crippen LogP contribution in [0.4, 0.5) is 27.6 Å². The fraction of sp³-hybridized carbons (Fsp3) is 0.148. The van der Waals surface area contributed by atoms with E-state index in [-0.39, 0.29) is 40.3 Å². The van der Waals surface area contributed by atoms with Crippen LogP contribution in [0, 0.1) is 11.6 Å². The fourth-order valence-electron chi connectivity index (χ4n) is 4.47. The molecule has 0 spiro atoms. The Bertz CT molecular complexity index is 1710. The highest BCUT2D eigenvalue weighted by atomic mass is 35.5. The molecule has 5 rings (SSSR count). The highest BCUT2D eigenvalue weighted by Gasteiger charge is 2.35. The van der Waals surface area contributed by atoms with Gasteiger partial charge in [-0.15, -0.1) is 0 Å². The second-order valence-electron chi connectivity index (χ2n) is 9.14. The van der Waals surface area contributed by atoms with E-state index in [9.17, 15) is 36.3 Å². The number of hydrogen-bond acceptors (Lipinski definition) is 5. The summed E-state index contributed by atoms with van der Waals surface area (Å²) in [5.41, 5.74) is -1.70. The predicted octanol–water partition coefficient (Wildman–Crippen LogP) is 4.63. The molecule has 42 heavy (non-hydrogen) atoms. The minimum Gasteiger partial charge on any atom is -0.345 e. The Morgan fingerprint density at radius 3 is 2.55 bits per heavy atom. The zero-order valence-electron chi connectivity index (χ0n) is 21.1. The third-order valence-corrected chi connectivity index (χ3v) is 6.65. The number of nitrogens with one attached hydrogen (secondary N) is 3. The standard InChI is InChI=1S/C27H18ClF5N6O3/c28-19-2-1-15(29)8-18(19)23-24-20(37-25(41)13-5-14(27(31,32)33)7-16(30)6-13)9-21(39(24)12-22(40)38-23)26(42)36-11-17-10-34-3-4-35-17/h1-10,23H,11-12H2,(H,36,42)(H,37,41)(H,38,40). The van der Waals surface area contributed by atoms with Crippen molar-refractivity contribution in [2.45, 2.75) is 25.3 Å². The third kappa shape index (κ3) is 5.93. The maximum atomic E-state index is 14.2. The van der Waals surface area contributed by atoms with Crippen LogP contribution >= 0.6 is 11.6 Å². The van der Waals surface area contributed by atoms with Crippen molar-refractivity contribution in [2.24, 2.45) is 0 Å². The second kappa shape index (κ2) is 11.2. The van der Waals surface area contributed by atoms with Crippen LogP contribution in [0.15, 0.2) is 61.1 Å². The molecule has 2 aromatic heterocycles. The summed E-state index contributed by atoms with van der Waals surface area (Å²) >= 11 is 6.31. The van der Waals surface area contributed by atoms with Crippen molar-refractivity contribution in [2.75, 3.05) is 5.32 Å². The minimum atomic E-state index is -4.93. The van der Waals surface area contributed by atoms with E-state index in [4.69, 9.17) is 11.6 Å². The Labute approximate surface area is 238 Å². The molecule has 1 aliphatic heterocycles. The van der Waals surface area contributed by atoms with Crippen molar-refractivity contribution in [1.29, 1.82) is 0 Å². The number of alkyl halides is 3. The van der Waals surface area contributed by atoms with Gasteiger partial charge in [-0.1, -0.05) is 11.6 Å². The fourth-order valence-corrected chi connectivity index (χ4v) is 4.70. The number of halogens is 6. The Balaban J connectivity index is 1.58. The molecule has 0 saturated carbocycles. The third-order valence-electron chi connectivity index (χ3n) is 6.30. The van der Waals surface area contributed by atoms with Crippen molar-refractivity contribution >= 4 is 35.0 Å². The number of rotatable bonds is 6. The van der Waals surface area contributed by atoms with Gasteiger partial charge in [0.1, 0.15) is 23.9 Å². The molecule has 1 atom stereocenters. The van der Waals surface area contributed by atoms with E-state index in [0.29, 0.717) is 17.8 Å². The highest BCUT2D eigenvalue weighted by molar-refractivity contribution is 6.31. The van der Waals surface area contributed by atoms with E-state index in [1.54, 1.807) is 0 Å². The largest absolute Gasteiger partial charge is 0.416 e. The molecule has 4 aromatic rings. The number of nitrogens with zero attached hydrogens (tertiary/aromatic N) is 3. The van der Waals surface area contributed by atoms with Crippen LogP contribution in [-0.2, 0) is 24.1 Å². The number of carbonyl (C=O) groups is 3. The quantitative estimate of drug-likeness (QED) is 0.278. The summed E-state index contributed by atoms with van der Waals surface area (Å²) in [5.74, 6) is -4.41. The summed E-state index contributed by atoms with van der Waals surface area (Å²) in [6.07, 6.45) is -0.647. The molecule has 0 saturated heterocycles. The average molecular weight is 605 g/mol. The van der Waals surface area contributed by atoms with Crippen LogP contribution in [-0.4, -0.2) is 32.3 Å². The molecule has 15 heteroatoms. The van der Waals surface area contributed by atoms with Gasteiger partial charge in [-0.2, -0.15) is 13.2 Å².